The topological polar surface area (TPSA) is 71.4 Å². The Labute approximate surface area is 162 Å². The van der Waals surface area contributed by atoms with Crippen LogP contribution in [0.3, 0.4) is 0 Å². The van der Waals surface area contributed by atoms with Crippen molar-refractivity contribution in [1.82, 2.24) is 9.47 Å². The highest BCUT2D eigenvalue weighted by Crippen LogP contribution is 2.25. The molecule has 1 N–H and O–H groups in total. The average molecular weight is 373 g/mol. The molecule has 0 radical (unpaired) electrons. The maximum atomic E-state index is 12.6. The average Bonchev–Trinajstić information content (AvgIpc) is 3.13. The van der Waals surface area contributed by atoms with Gasteiger partial charge in [-0.15, -0.1) is 0 Å². The summed E-state index contributed by atoms with van der Waals surface area (Å²) < 4.78 is 2.11. The predicted octanol–water partition coefficient (Wildman–Crippen LogP) is 3.57. The number of nitrogens with zero attached hydrogens (tertiary/aromatic N) is 2. The molecular weight excluding hydrogens is 354 g/mol. The van der Waals surface area contributed by atoms with E-state index in [0.717, 1.165) is 22.0 Å². The van der Waals surface area contributed by atoms with Crippen molar-refractivity contribution in [3.8, 4) is 5.69 Å². The number of carbonyl (C=O) groups is 3. The van der Waals surface area contributed by atoms with E-state index in [1.54, 1.807) is 24.3 Å². The largest absolute Gasteiger partial charge is 0.322 e. The molecule has 0 fully saturated rings. The quantitative estimate of drug-likeness (QED) is 0.714. The summed E-state index contributed by atoms with van der Waals surface area (Å²) in [5, 5.41) is 2.79. The van der Waals surface area contributed by atoms with Gasteiger partial charge < -0.3 is 9.88 Å². The Morgan fingerprint density at radius 2 is 1.43 bits per heavy atom. The van der Waals surface area contributed by atoms with Gasteiger partial charge in [-0.05, 0) is 68.4 Å². The fourth-order valence-electron chi connectivity index (χ4n) is 3.48. The Morgan fingerprint density at radius 3 is 2.07 bits per heavy atom. The van der Waals surface area contributed by atoms with E-state index in [1.807, 2.05) is 38.1 Å². The zero-order chi connectivity index (χ0) is 20.0. The Bertz CT molecular complexity index is 1110. The molecule has 6 nitrogen and oxygen atoms in total. The Morgan fingerprint density at radius 1 is 0.821 bits per heavy atom. The third-order valence-electron chi connectivity index (χ3n) is 5.01. The zero-order valence-corrected chi connectivity index (χ0v) is 15.8. The third-order valence-corrected chi connectivity index (χ3v) is 5.01. The van der Waals surface area contributed by atoms with Gasteiger partial charge in [0.15, 0.2) is 0 Å². The molecule has 140 valence electrons. The summed E-state index contributed by atoms with van der Waals surface area (Å²) >= 11 is 0. The first-order valence-electron chi connectivity index (χ1n) is 8.90. The molecule has 0 aliphatic carbocycles. The number of carbonyl (C=O) groups excluding carboxylic acids is 3. The van der Waals surface area contributed by atoms with Crippen LogP contribution in [0.15, 0.2) is 54.6 Å². The standard InChI is InChI=1S/C22H19N3O3/c1-13-4-5-14(2)25(13)17-9-6-15(7-10-17)20(26)23-16-8-11-18-19(12-16)22(28)24(3)21(18)27/h4-12H,1-3H3,(H,23,26). The van der Waals surface area contributed by atoms with E-state index in [9.17, 15) is 14.4 Å². The van der Waals surface area contributed by atoms with Crippen LogP contribution in [0.4, 0.5) is 5.69 Å². The molecular formula is C22H19N3O3. The van der Waals surface area contributed by atoms with Crippen LogP contribution in [-0.4, -0.2) is 34.2 Å². The van der Waals surface area contributed by atoms with Gasteiger partial charge in [0.1, 0.15) is 0 Å². The number of aromatic nitrogens is 1. The van der Waals surface area contributed by atoms with Crippen LogP contribution < -0.4 is 5.32 Å². The number of rotatable bonds is 3. The van der Waals surface area contributed by atoms with E-state index < -0.39 is 0 Å². The van der Waals surface area contributed by atoms with Crippen molar-refractivity contribution in [3.05, 3.63) is 82.7 Å². The first kappa shape index (κ1) is 17.7. The highest BCUT2D eigenvalue weighted by Gasteiger charge is 2.32. The Balaban J connectivity index is 1.55. The van der Waals surface area contributed by atoms with Crippen LogP contribution in [0.2, 0.25) is 0 Å². The SMILES string of the molecule is Cc1ccc(C)n1-c1ccc(C(=O)Nc2ccc3c(c2)C(=O)N(C)C3=O)cc1. The summed E-state index contributed by atoms with van der Waals surface area (Å²) in [5.74, 6) is -0.973. The van der Waals surface area contributed by atoms with E-state index >= 15 is 0 Å². The summed E-state index contributed by atoms with van der Waals surface area (Å²) in [7, 11) is 1.44. The van der Waals surface area contributed by atoms with Gasteiger partial charge in [0.2, 0.25) is 0 Å². The van der Waals surface area contributed by atoms with Crippen LogP contribution >= 0.6 is 0 Å². The molecule has 1 aliphatic rings. The van der Waals surface area contributed by atoms with Crippen LogP contribution in [0.1, 0.15) is 42.5 Å². The molecule has 6 heteroatoms. The lowest BCUT2D eigenvalue weighted by molar-refractivity contribution is 0.0692. The van der Waals surface area contributed by atoms with E-state index in [0.29, 0.717) is 22.4 Å². The second-order valence-electron chi connectivity index (χ2n) is 6.88. The maximum Gasteiger partial charge on any atom is 0.261 e. The number of aryl methyl sites for hydroxylation is 2. The molecule has 1 aromatic heterocycles. The van der Waals surface area contributed by atoms with Crippen molar-refractivity contribution >= 4 is 23.4 Å². The van der Waals surface area contributed by atoms with Crippen molar-refractivity contribution < 1.29 is 14.4 Å². The number of hydrogen-bond acceptors (Lipinski definition) is 3. The minimum absolute atomic E-state index is 0.280. The van der Waals surface area contributed by atoms with Gasteiger partial charge in [0.25, 0.3) is 17.7 Å². The number of anilines is 1. The molecule has 4 rings (SSSR count). The maximum absolute atomic E-state index is 12.6. The Kier molecular flexibility index (Phi) is 4.11. The van der Waals surface area contributed by atoms with Crippen LogP contribution in [-0.2, 0) is 0 Å². The fraction of sp³-hybridized carbons (Fsp3) is 0.136. The van der Waals surface area contributed by atoms with Gasteiger partial charge >= 0.3 is 0 Å². The van der Waals surface area contributed by atoms with Crippen LogP contribution in [0.5, 0.6) is 0 Å². The van der Waals surface area contributed by atoms with Gasteiger partial charge in [-0.1, -0.05) is 0 Å². The van der Waals surface area contributed by atoms with Crippen molar-refractivity contribution in [2.75, 3.05) is 12.4 Å². The van der Waals surface area contributed by atoms with E-state index in [2.05, 4.69) is 9.88 Å². The number of amides is 3. The summed E-state index contributed by atoms with van der Waals surface area (Å²) in [6, 6.07) is 16.2. The second kappa shape index (κ2) is 6.49. The lowest BCUT2D eigenvalue weighted by Gasteiger charge is -2.11. The zero-order valence-electron chi connectivity index (χ0n) is 15.8. The van der Waals surface area contributed by atoms with Gasteiger partial charge in [0.05, 0.1) is 11.1 Å². The summed E-state index contributed by atoms with van der Waals surface area (Å²) in [4.78, 5) is 37.7. The predicted molar refractivity (Wildman–Crippen MR) is 106 cm³/mol. The minimum atomic E-state index is -0.363. The van der Waals surface area contributed by atoms with Gasteiger partial charge in [-0.3, -0.25) is 19.3 Å². The van der Waals surface area contributed by atoms with Gasteiger partial charge in [-0.2, -0.15) is 0 Å². The number of fused-ring (bicyclic) bond motifs is 1. The Hall–Kier alpha value is -3.67. The number of benzene rings is 2. The number of hydrogen-bond donors (Lipinski definition) is 1. The number of nitrogens with one attached hydrogen (secondary N) is 1. The molecule has 1 aliphatic heterocycles. The molecule has 0 bridgehead atoms. The fourth-order valence-corrected chi connectivity index (χ4v) is 3.48. The highest BCUT2D eigenvalue weighted by molar-refractivity contribution is 6.21. The molecule has 28 heavy (non-hydrogen) atoms. The summed E-state index contributed by atoms with van der Waals surface area (Å²) in [5.41, 5.74) is 4.87. The van der Waals surface area contributed by atoms with E-state index in [4.69, 9.17) is 0 Å². The van der Waals surface area contributed by atoms with Gasteiger partial charge in [0, 0.05) is 35.4 Å². The molecule has 0 unspecified atom stereocenters. The molecule has 3 amide bonds. The smallest absolute Gasteiger partial charge is 0.261 e. The first-order chi connectivity index (χ1) is 13.4. The minimum Gasteiger partial charge on any atom is -0.322 e. The van der Waals surface area contributed by atoms with Gasteiger partial charge in [-0.25, -0.2) is 0 Å². The van der Waals surface area contributed by atoms with Crippen molar-refractivity contribution in [3.63, 3.8) is 0 Å². The first-order valence-corrected chi connectivity index (χ1v) is 8.90. The molecule has 0 spiro atoms. The lowest BCUT2D eigenvalue weighted by atomic mass is 10.1. The third kappa shape index (κ3) is 2.79. The summed E-state index contributed by atoms with van der Waals surface area (Å²) in [6.07, 6.45) is 0. The monoisotopic (exact) mass is 373 g/mol. The molecule has 0 atom stereocenters. The molecule has 0 saturated carbocycles. The second-order valence-corrected chi connectivity index (χ2v) is 6.88. The van der Waals surface area contributed by atoms with E-state index in [-0.39, 0.29) is 17.7 Å². The molecule has 0 saturated heterocycles. The van der Waals surface area contributed by atoms with Crippen molar-refractivity contribution in [2.45, 2.75) is 13.8 Å². The molecule has 2 heterocycles. The van der Waals surface area contributed by atoms with Crippen LogP contribution in [0, 0.1) is 13.8 Å². The lowest BCUT2D eigenvalue weighted by Crippen LogP contribution is -2.24. The molecule has 3 aromatic rings. The highest BCUT2D eigenvalue weighted by atomic mass is 16.2. The van der Waals surface area contributed by atoms with Crippen molar-refractivity contribution in [2.24, 2.45) is 0 Å². The number of imide groups is 1. The van der Waals surface area contributed by atoms with Crippen molar-refractivity contribution in [1.29, 1.82) is 0 Å². The summed E-state index contributed by atoms with van der Waals surface area (Å²) in [6.45, 7) is 4.07. The van der Waals surface area contributed by atoms with E-state index in [1.165, 1.54) is 13.1 Å². The molecule has 2 aromatic carbocycles. The van der Waals surface area contributed by atoms with Crippen LogP contribution in [0.25, 0.3) is 5.69 Å². The normalized spacial score (nSPS) is 13.0.